The van der Waals surface area contributed by atoms with Gasteiger partial charge in [0.2, 0.25) is 5.91 Å². The second-order valence-corrected chi connectivity index (χ2v) is 6.59. The summed E-state index contributed by atoms with van der Waals surface area (Å²) in [7, 11) is 3.87. The zero-order valence-electron chi connectivity index (χ0n) is 14.9. The van der Waals surface area contributed by atoms with Crippen LogP contribution in [0.2, 0.25) is 0 Å². The fourth-order valence-electron chi connectivity index (χ4n) is 2.88. The Hall–Kier alpha value is -2.60. The Morgan fingerprint density at radius 1 is 1.16 bits per heavy atom. The Morgan fingerprint density at radius 2 is 1.92 bits per heavy atom. The van der Waals surface area contributed by atoms with Gasteiger partial charge in [0.15, 0.2) is 0 Å². The summed E-state index contributed by atoms with van der Waals surface area (Å²) in [6.07, 6.45) is 1.69. The van der Waals surface area contributed by atoms with Crippen LogP contribution in [0.1, 0.15) is 16.7 Å². The molecule has 0 fully saturated rings. The van der Waals surface area contributed by atoms with E-state index in [9.17, 15) is 9.59 Å². The predicted molar refractivity (Wildman–Crippen MR) is 97.0 cm³/mol. The van der Waals surface area contributed by atoms with E-state index in [0.717, 1.165) is 28.4 Å². The molecule has 0 saturated carbocycles. The molecular formula is C19H22N2O4. The molecular weight excluding hydrogens is 320 g/mol. The number of furan rings is 1. The molecule has 0 spiro atoms. The zero-order valence-corrected chi connectivity index (χ0v) is 14.9. The molecule has 25 heavy (non-hydrogen) atoms. The molecule has 3 rings (SSSR count). The van der Waals surface area contributed by atoms with E-state index in [0.29, 0.717) is 23.3 Å². The maximum Gasteiger partial charge on any atom is 0.340 e. The Balaban J connectivity index is 1.95. The zero-order chi connectivity index (χ0) is 18.1. The van der Waals surface area contributed by atoms with Crippen molar-refractivity contribution >= 4 is 27.8 Å². The van der Waals surface area contributed by atoms with Crippen molar-refractivity contribution in [2.24, 2.45) is 0 Å². The number of nitrogens with zero attached hydrogens (tertiary/aromatic N) is 1. The molecule has 1 N–H and O–H groups in total. The number of rotatable bonds is 5. The van der Waals surface area contributed by atoms with Gasteiger partial charge < -0.3 is 19.1 Å². The molecule has 0 aliphatic heterocycles. The van der Waals surface area contributed by atoms with Gasteiger partial charge in [-0.15, -0.1) is 0 Å². The summed E-state index contributed by atoms with van der Waals surface area (Å²) in [6.45, 7) is 5.10. The van der Waals surface area contributed by atoms with E-state index >= 15 is 0 Å². The smallest absolute Gasteiger partial charge is 0.340 e. The van der Waals surface area contributed by atoms with Gasteiger partial charge in [-0.1, -0.05) is 0 Å². The van der Waals surface area contributed by atoms with E-state index in [1.165, 1.54) is 0 Å². The number of nitrogens with one attached hydrogen (secondary N) is 1. The molecule has 6 nitrogen and oxygen atoms in total. The van der Waals surface area contributed by atoms with Crippen LogP contribution < -0.4 is 10.9 Å². The van der Waals surface area contributed by atoms with Gasteiger partial charge in [0, 0.05) is 29.9 Å². The summed E-state index contributed by atoms with van der Waals surface area (Å²) in [4.78, 5) is 26.4. The van der Waals surface area contributed by atoms with Crippen molar-refractivity contribution < 1.29 is 13.6 Å². The van der Waals surface area contributed by atoms with Crippen LogP contribution in [0.5, 0.6) is 0 Å². The van der Waals surface area contributed by atoms with Crippen molar-refractivity contribution in [3.05, 3.63) is 45.5 Å². The van der Waals surface area contributed by atoms with Gasteiger partial charge in [-0.05, 0) is 45.1 Å². The van der Waals surface area contributed by atoms with Gasteiger partial charge in [-0.25, -0.2) is 4.79 Å². The molecule has 0 radical (unpaired) electrons. The lowest BCUT2D eigenvalue weighted by atomic mass is 10.0. The summed E-state index contributed by atoms with van der Waals surface area (Å²) in [6, 6.07) is 3.68. The normalized spacial score (nSPS) is 11.6. The Kier molecular flexibility index (Phi) is 4.63. The summed E-state index contributed by atoms with van der Waals surface area (Å²) in [5, 5.41) is 4.63. The number of hydrogen-bond donors (Lipinski definition) is 1. The largest absolute Gasteiger partial charge is 0.464 e. The molecule has 1 amide bonds. The molecule has 6 heteroatoms. The topological polar surface area (TPSA) is 75.7 Å². The number of likely N-dealkylation sites (N-methyl/N-ethyl adjacent to an activating group) is 1. The van der Waals surface area contributed by atoms with Crippen LogP contribution in [0.3, 0.4) is 0 Å². The number of aryl methyl sites for hydroxylation is 2. The highest BCUT2D eigenvalue weighted by molar-refractivity contribution is 5.96. The molecule has 132 valence electrons. The number of amides is 1. The highest BCUT2D eigenvalue weighted by Crippen LogP contribution is 2.28. The fourth-order valence-corrected chi connectivity index (χ4v) is 2.88. The molecule has 0 atom stereocenters. The fraction of sp³-hybridized carbons (Fsp3) is 0.368. The quantitative estimate of drug-likeness (QED) is 0.721. The van der Waals surface area contributed by atoms with Crippen LogP contribution in [0.25, 0.3) is 21.9 Å². The van der Waals surface area contributed by atoms with E-state index in [-0.39, 0.29) is 12.3 Å². The van der Waals surface area contributed by atoms with Crippen LogP contribution in [0.15, 0.2) is 32.0 Å². The first-order valence-electron chi connectivity index (χ1n) is 8.22. The average molecular weight is 342 g/mol. The molecule has 1 aromatic carbocycles. The predicted octanol–water partition coefficient (Wildman–Crippen LogP) is 2.38. The van der Waals surface area contributed by atoms with Crippen LogP contribution in [-0.2, 0) is 11.2 Å². The summed E-state index contributed by atoms with van der Waals surface area (Å²) < 4.78 is 10.9. The van der Waals surface area contributed by atoms with Crippen LogP contribution in [0, 0.1) is 13.8 Å². The third-order valence-electron chi connectivity index (χ3n) is 4.39. The van der Waals surface area contributed by atoms with E-state index in [1.54, 1.807) is 12.3 Å². The minimum absolute atomic E-state index is 0.0138. The number of carbonyl (C=O) groups excluding carboxylic acids is 1. The maximum absolute atomic E-state index is 12.3. The van der Waals surface area contributed by atoms with Crippen molar-refractivity contribution in [3.8, 4) is 0 Å². The summed E-state index contributed by atoms with van der Waals surface area (Å²) in [5.74, 6) is -0.183. The lowest BCUT2D eigenvalue weighted by molar-refractivity contribution is -0.120. The van der Waals surface area contributed by atoms with Gasteiger partial charge in [0.05, 0.1) is 18.2 Å². The lowest BCUT2D eigenvalue weighted by Gasteiger charge is -2.11. The number of carbonyl (C=O) groups is 1. The van der Waals surface area contributed by atoms with Crippen LogP contribution in [-0.4, -0.2) is 38.0 Å². The highest BCUT2D eigenvalue weighted by Gasteiger charge is 2.16. The van der Waals surface area contributed by atoms with E-state index in [4.69, 9.17) is 8.83 Å². The number of benzene rings is 1. The number of fused-ring (bicyclic) bond motifs is 2. The molecule has 3 aromatic rings. The first-order chi connectivity index (χ1) is 11.9. The van der Waals surface area contributed by atoms with E-state index in [1.807, 2.05) is 38.9 Å². The second-order valence-electron chi connectivity index (χ2n) is 6.59. The third-order valence-corrected chi connectivity index (χ3v) is 4.39. The first kappa shape index (κ1) is 17.2. The molecule has 0 aliphatic rings. The highest BCUT2D eigenvalue weighted by atomic mass is 16.4. The first-order valence-corrected chi connectivity index (χ1v) is 8.22. The minimum Gasteiger partial charge on any atom is -0.464 e. The van der Waals surface area contributed by atoms with Gasteiger partial charge in [-0.2, -0.15) is 0 Å². The second kappa shape index (κ2) is 6.72. The maximum atomic E-state index is 12.3. The molecule has 0 unspecified atom stereocenters. The van der Waals surface area contributed by atoms with Gasteiger partial charge in [0.25, 0.3) is 0 Å². The van der Waals surface area contributed by atoms with E-state index < -0.39 is 5.63 Å². The van der Waals surface area contributed by atoms with Gasteiger partial charge >= 0.3 is 5.63 Å². The monoisotopic (exact) mass is 342 g/mol. The molecule has 0 bridgehead atoms. The SMILES string of the molecule is Cc1coc2cc3oc(=O)c(CC(=O)NCCN(C)C)c(C)c3cc12. The Bertz CT molecular complexity index is 998. The van der Waals surface area contributed by atoms with Crippen molar-refractivity contribution in [1.29, 1.82) is 0 Å². The van der Waals surface area contributed by atoms with Crippen molar-refractivity contribution in [1.82, 2.24) is 10.2 Å². The molecule has 2 aromatic heterocycles. The summed E-state index contributed by atoms with van der Waals surface area (Å²) >= 11 is 0. The van der Waals surface area contributed by atoms with Crippen molar-refractivity contribution in [2.75, 3.05) is 27.2 Å². The molecule has 0 saturated heterocycles. The van der Waals surface area contributed by atoms with Crippen molar-refractivity contribution in [3.63, 3.8) is 0 Å². The van der Waals surface area contributed by atoms with Gasteiger partial charge in [0.1, 0.15) is 11.2 Å². The van der Waals surface area contributed by atoms with E-state index in [2.05, 4.69) is 5.32 Å². The number of hydrogen-bond acceptors (Lipinski definition) is 5. The molecule has 0 aliphatic carbocycles. The third kappa shape index (κ3) is 3.44. The van der Waals surface area contributed by atoms with Gasteiger partial charge in [-0.3, -0.25) is 4.79 Å². The standard InChI is InChI=1S/C19H22N2O4/c1-11-10-24-16-9-17-14(7-13(11)16)12(2)15(19(23)25-17)8-18(22)20-5-6-21(3)4/h7,9-10H,5-6,8H2,1-4H3,(H,20,22). The lowest BCUT2D eigenvalue weighted by Crippen LogP contribution is -2.33. The van der Waals surface area contributed by atoms with Crippen LogP contribution >= 0.6 is 0 Å². The Morgan fingerprint density at radius 3 is 2.64 bits per heavy atom. The minimum atomic E-state index is -0.476. The van der Waals surface area contributed by atoms with Crippen molar-refractivity contribution in [2.45, 2.75) is 20.3 Å². The molecule has 2 heterocycles. The summed E-state index contributed by atoms with van der Waals surface area (Å²) in [5.41, 5.74) is 2.87. The average Bonchev–Trinajstić information content (AvgIpc) is 2.90. The Labute approximate surface area is 145 Å². The van der Waals surface area contributed by atoms with Crippen LogP contribution in [0.4, 0.5) is 0 Å².